The third kappa shape index (κ3) is 5.73. The highest BCUT2D eigenvalue weighted by Crippen LogP contribution is 2.35. The zero-order chi connectivity index (χ0) is 27.9. The van der Waals surface area contributed by atoms with Gasteiger partial charge in [0.25, 0.3) is 5.91 Å². The summed E-state index contributed by atoms with van der Waals surface area (Å²) in [5, 5.41) is 4.23. The highest BCUT2D eigenvalue weighted by atomic mass is 19.1. The summed E-state index contributed by atoms with van der Waals surface area (Å²) in [4.78, 5) is 24.8. The maximum absolute atomic E-state index is 13.3. The molecular formula is C33H26FN3O3. The van der Waals surface area contributed by atoms with Crippen LogP contribution < -0.4 is 5.43 Å². The molecule has 0 aliphatic rings. The summed E-state index contributed by atoms with van der Waals surface area (Å²) < 4.78 is 20.5. The van der Waals surface area contributed by atoms with Crippen molar-refractivity contribution < 1.29 is 18.7 Å². The quantitative estimate of drug-likeness (QED) is 0.135. The van der Waals surface area contributed by atoms with Gasteiger partial charge in [0.1, 0.15) is 5.82 Å². The zero-order valence-electron chi connectivity index (χ0n) is 21.8. The molecular weight excluding hydrogens is 505 g/mol. The van der Waals surface area contributed by atoms with Crippen molar-refractivity contribution in [3.8, 4) is 28.2 Å². The van der Waals surface area contributed by atoms with Crippen LogP contribution in [0.5, 0.6) is 0 Å². The summed E-state index contributed by atoms with van der Waals surface area (Å²) in [7, 11) is 0. The molecule has 0 aliphatic heterocycles. The number of hydrogen-bond donors (Lipinski definition) is 1. The monoisotopic (exact) mass is 531 g/mol. The summed E-state index contributed by atoms with van der Waals surface area (Å²) in [6.45, 7) is 2.07. The van der Waals surface area contributed by atoms with Crippen molar-refractivity contribution in [2.45, 2.75) is 6.92 Å². The van der Waals surface area contributed by atoms with Gasteiger partial charge in [-0.3, -0.25) is 4.79 Å². The van der Waals surface area contributed by atoms with E-state index in [-0.39, 0.29) is 5.97 Å². The fourth-order valence-corrected chi connectivity index (χ4v) is 4.40. The minimum atomic E-state index is -0.449. The maximum Gasteiger partial charge on any atom is 0.338 e. The molecule has 0 spiro atoms. The molecule has 1 aromatic heterocycles. The van der Waals surface area contributed by atoms with Gasteiger partial charge in [-0.15, -0.1) is 0 Å². The van der Waals surface area contributed by atoms with Gasteiger partial charge >= 0.3 is 5.97 Å². The average molecular weight is 532 g/mol. The van der Waals surface area contributed by atoms with Gasteiger partial charge in [0.15, 0.2) is 0 Å². The molecule has 5 aromatic rings. The molecule has 1 heterocycles. The predicted octanol–water partition coefficient (Wildman–Crippen LogP) is 6.89. The van der Waals surface area contributed by atoms with Crippen LogP contribution in [0.2, 0.25) is 0 Å². The van der Waals surface area contributed by atoms with Crippen molar-refractivity contribution in [2.24, 2.45) is 5.10 Å². The molecule has 198 valence electrons. The number of aromatic nitrogens is 1. The van der Waals surface area contributed by atoms with Gasteiger partial charge in [0.2, 0.25) is 0 Å². The SMILES string of the molecule is CCOC(=O)c1ccc(-n2c(-c3ccccc3)cc(C=NNC(=O)c3ccc(F)cc3)c2-c2ccccc2)cc1. The Labute approximate surface area is 231 Å². The first-order chi connectivity index (χ1) is 19.5. The third-order valence-corrected chi connectivity index (χ3v) is 6.26. The molecule has 1 N–H and O–H groups in total. The van der Waals surface area contributed by atoms with Crippen LogP contribution in [0, 0.1) is 5.82 Å². The lowest BCUT2D eigenvalue weighted by Gasteiger charge is -2.15. The highest BCUT2D eigenvalue weighted by Gasteiger charge is 2.19. The lowest BCUT2D eigenvalue weighted by Crippen LogP contribution is -2.17. The van der Waals surface area contributed by atoms with Crippen molar-refractivity contribution in [3.05, 3.63) is 138 Å². The largest absolute Gasteiger partial charge is 0.462 e. The van der Waals surface area contributed by atoms with Crippen LogP contribution in [0.4, 0.5) is 4.39 Å². The molecule has 0 atom stereocenters. The van der Waals surface area contributed by atoms with Gasteiger partial charge in [0, 0.05) is 16.8 Å². The second kappa shape index (κ2) is 12.0. The Hall–Kier alpha value is -5.30. The number of amides is 1. The summed E-state index contributed by atoms with van der Waals surface area (Å²) in [5.74, 6) is -1.25. The van der Waals surface area contributed by atoms with Gasteiger partial charge < -0.3 is 9.30 Å². The predicted molar refractivity (Wildman–Crippen MR) is 154 cm³/mol. The minimum Gasteiger partial charge on any atom is -0.462 e. The first kappa shape index (κ1) is 26.3. The second-order valence-corrected chi connectivity index (χ2v) is 8.87. The van der Waals surface area contributed by atoms with Gasteiger partial charge in [-0.05, 0) is 72.6 Å². The molecule has 0 aliphatic carbocycles. The Balaban J connectivity index is 1.61. The lowest BCUT2D eigenvalue weighted by molar-refractivity contribution is 0.0526. The number of nitrogens with one attached hydrogen (secondary N) is 1. The van der Waals surface area contributed by atoms with Crippen LogP contribution in [0.3, 0.4) is 0 Å². The number of esters is 1. The molecule has 0 fully saturated rings. The highest BCUT2D eigenvalue weighted by molar-refractivity contribution is 5.97. The fraction of sp³-hybridized carbons (Fsp3) is 0.0606. The first-order valence-electron chi connectivity index (χ1n) is 12.8. The number of benzene rings is 4. The molecule has 4 aromatic carbocycles. The van der Waals surface area contributed by atoms with Crippen LogP contribution in [-0.2, 0) is 4.74 Å². The third-order valence-electron chi connectivity index (χ3n) is 6.26. The van der Waals surface area contributed by atoms with Crippen molar-refractivity contribution >= 4 is 18.1 Å². The average Bonchev–Trinajstić information content (AvgIpc) is 3.38. The summed E-state index contributed by atoms with van der Waals surface area (Å²) in [6.07, 6.45) is 1.60. The molecule has 6 nitrogen and oxygen atoms in total. The summed E-state index contributed by atoms with van der Waals surface area (Å²) >= 11 is 0. The van der Waals surface area contributed by atoms with E-state index in [0.29, 0.717) is 17.7 Å². The van der Waals surface area contributed by atoms with E-state index < -0.39 is 11.7 Å². The lowest BCUT2D eigenvalue weighted by atomic mass is 10.1. The van der Waals surface area contributed by atoms with Crippen LogP contribution in [-0.4, -0.2) is 29.3 Å². The molecule has 5 rings (SSSR count). The summed E-state index contributed by atoms with van der Waals surface area (Å²) in [6, 6.07) is 34.3. The normalized spacial score (nSPS) is 10.9. The standard InChI is InChI=1S/C33H26FN3O3/c1-2-40-33(39)26-15-19-29(20-16-26)37-30(23-9-5-3-6-10-23)21-27(31(37)24-11-7-4-8-12-24)22-35-36-32(38)25-13-17-28(34)18-14-25/h3-22H,2H2,1H3,(H,36,38). The number of carbonyl (C=O) groups excluding carboxylic acids is 2. The van der Waals surface area contributed by atoms with E-state index in [0.717, 1.165) is 33.8 Å². The van der Waals surface area contributed by atoms with Gasteiger partial charge in [0.05, 0.1) is 29.8 Å². The number of nitrogens with zero attached hydrogens (tertiary/aromatic N) is 2. The Morgan fingerprint density at radius 3 is 2.05 bits per heavy atom. The second-order valence-electron chi connectivity index (χ2n) is 8.87. The van der Waals surface area contributed by atoms with Crippen LogP contribution in [0.25, 0.3) is 28.2 Å². The molecule has 0 saturated heterocycles. The molecule has 0 radical (unpaired) electrons. The van der Waals surface area contributed by atoms with E-state index in [4.69, 9.17) is 4.74 Å². The fourth-order valence-electron chi connectivity index (χ4n) is 4.40. The van der Waals surface area contributed by atoms with Crippen molar-refractivity contribution in [1.29, 1.82) is 0 Å². The Morgan fingerprint density at radius 1 is 0.825 bits per heavy atom. The number of hydrazone groups is 1. The minimum absolute atomic E-state index is 0.297. The number of halogens is 1. The van der Waals surface area contributed by atoms with E-state index in [9.17, 15) is 14.0 Å². The molecule has 1 amide bonds. The molecule has 0 bridgehead atoms. The van der Waals surface area contributed by atoms with Gasteiger partial charge in [-0.1, -0.05) is 60.7 Å². The van der Waals surface area contributed by atoms with E-state index in [1.165, 1.54) is 24.3 Å². The number of rotatable bonds is 8. The Kier molecular flexibility index (Phi) is 7.92. The van der Waals surface area contributed by atoms with Crippen molar-refractivity contribution in [1.82, 2.24) is 9.99 Å². The number of hydrogen-bond acceptors (Lipinski definition) is 4. The Morgan fingerprint density at radius 2 is 1.43 bits per heavy atom. The van der Waals surface area contributed by atoms with E-state index in [1.807, 2.05) is 78.9 Å². The topological polar surface area (TPSA) is 72.7 Å². The van der Waals surface area contributed by atoms with E-state index >= 15 is 0 Å². The maximum atomic E-state index is 13.3. The number of carbonyl (C=O) groups is 2. The van der Waals surface area contributed by atoms with Crippen molar-refractivity contribution in [3.63, 3.8) is 0 Å². The van der Waals surface area contributed by atoms with Crippen molar-refractivity contribution in [2.75, 3.05) is 6.61 Å². The Bertz CT molecular complexity index is 1640. The first-order valence-corrected chi connectivity index (χ1v) is 12.8. The molecule has 0 saturated carbocycles. The van der Waals surface area contributed by atoms with Gasteiger partial charge in [-0.2, -0.15) is 5.10 Å². The van der Waals surface area contributed by atoms with Gasteiger partial charge in [-0.25, -0.2) is 14.6 Å². The zero-order valence-corrected chi connectivity index (χ0v) is 21.8. The van der Waals surface area contributed by atoms with Crippen LogP contribution in [0.15, 0.2) is 120 Å². The summed E-state index contributed by atoms with van der Waals surface area (Å²) in [5.41, 5.74) is 8.55. The molecule has 40 heavy (non-hydrogen) atoms. The van der Waals surface area contributed by atoms with Crippen LogP contribution in [0.1, 0.15) is 33.2 Å². The molecule has 7 heteroatoms. The number of ether oxygens (including phenoxy) is 1. The molecule has 0 unspecified atom stereocenters. The van der Waals surface area contributed by atoms with Crippen LogP contribution >= 0.6 is 0 Å². The smallest absolute Gasteiger partial charge is 0.338 e. The van der Waals surface area contributed by atoms with E-state index in [2.05, 4.69) is 15.1 Å². The van der Waals surface area contributed by atoms with E-state index in [1.54, 1.807) is 25.3 Å².